The van der Waals surface area contributed by atoms with Gasteiger partial charge in [-0.3, -0.25) is 0 Å². The molecule has 2 fully saturated rings. The molecule has 1 aliphatic heterocycles. The molecule has 1 unspecified atom stereocenters. The van der Waals surface area contributed by atoms with Crippen molar-refractivity contribution in [2.45, 2.75) is 51.6 Å². The van der Waals surface area contributed by atoms with Crippen molar-refractivity contribution in [3.8, 4) is 0 Å². The van der Waals surface area contributed by atoms with Crippen molar-refractivity contribution in [1.82, 2.24) is 9.97 Å². The van der Waals surface area contributed by atoms with Crippen LogP contribution in [0.3, 0.4) is 0 Å². The molecule has 0 spiro atoms. The molecule has 1 saturated carbocycles. The third-order valence-electron chi connectivity index (χ3n) is 4.09. The van der Waals surface area contributed by atoms with E-state index >= 15 is 0 Å². The molecule has 0 radical (unpaired) electrons. The van der Waals surface area contributed by atoms with E-state index in [9.17, 15) is 5.11 Å². The lowest BCUT2D eigenvalue weighted by atomic mass is 10.2. The number of nitrogens with one attached hydrogen (secondary N) is 1. The van der Waals surface area contributed by atoms with Crippen LogP contribution in [0.4, 0.5) is 11.6 Å². The Kier molecular flexibility index (Phi) is 3.78. The highest BCUT2D eigenvalue weighted by Gasteiger charge is 2.30. The molecule has 1 atom stereocenters. The first-order valence-electron chi connectivity index (χ1n) is 7.74. The van der Waals surface area contributed by atoms with Gasteiger partial charge < -0.3 is 15.3 Å². The smallest absolute Gasteiger partial charge is 0.137 e. The Hall–Kier alpha value is -1.36. The minimum absolute atomic E-state index is 0.221. The van der Waals surface area contributed by atoms with Crippen LogP contribution in [0.1, 0.15) is 49.9 Å². The van der Waals surface area contributed by atoms with E-state index in [1.807, 2.05) is 0 Å². The summed E-state index contributed by atoms with van der Waals surface area (Å²) in [4.78, 5) is 11.7. The summed E-state index contributed by atoms with van der Waals surface area (Å²) >= 11 is 0. The number of aliphatic hydroxyl groups excluding tert-OH is 1. The van der Waals surface area contributed by atoms with Crippen LogP contribution in [-0.4, -0.2) is 40.8 Å². The minimum atomic E-state index is -0.221. The van der Waals surface area contributed by atoms with Gasteiger partial charge in [-0.05, 0) is 32.6 Å². The Morgan fingerprint density at radius 2 is 2.10 bits per heavy atom. The van der Waals surface area contributed by atoms with E-state index in [4.69, 9.17) is 9.97 Å². The van der Waals surface area contributed by atoms with Crippen molar-refractivity contribution >= 4 is 11.6 Å². The van der Waals surface area contributed by atoms with Gasteiger partial charge in [-0.1, -0.05) is 6.92 Å². The number of hydrogen-bond donors (Lipinski definition) is 2. The monoisotopic (exact) mass is 276 g/mol. The molecule has 1 saturated heterocycles. The Labute approximate surface area is 120 Å². The van der Waals surface area contributed by atoms with Gasteiger partial charge in [0.15, 0.2) is 0 Å². The van der Waals surface area contributed by atoms with Crippen LogP contribution in [0.25, 0.3) is 0 Å². The molecule has 2 aliphatic rings. The summed E-state index contributed by atoms with van der Waals surface area (Å²) in [5.74, 6) is 3.51. The Balaban J connectivity index is 1.91. The maximum Gasteiger partial charge on any atom is 0.137 e. The van der Waals surface area contributed by atoms with Crippen molar-refractivity contribution in [1.29, 1.82) is 0 Å². The third kappa shape index (κ3) is 2.73. The zero-order valence-corrected chi connectivity index (χ0v) is 12.4. The number of nitrogens with zero attached hydrogens (tertiary/aromatic N) is 3. The second-order valence-electron chi connectivity index (χ2n) is 5.97. The summed E-state index contributed by atoms with van der Waals surface area (Å²) in [6.07, 6.45) is 4.11. The molecular weight excluding hydrogens is 252 g/mol. The number of rotatable bonds is 5. The standard InChI is InChI=1S/C15H24N4O/c1-3-7-16-13-10(2)15(19-8-6-12(20)9-19)18-14(17-13)11-4-5-11/h11-12,20H,3-9H2,1-2H3,(H,16,17,18). The van der Waals surface area contributed by atoms with Gasteiger partial charge in [-0.25, -0.2) is 9.97 Å². The van der Waals surface area contributed by atoms with Crippen molar-refractivity contribution in [2.75, 3.05) is 29.9 Å². The quantitative estimate of drug-likeness (QED) is 0.862. The SMILES string of the molecule is CCCNc1nc(C2CC2)nc(N2CCC(O)C2)c1C. The molecule has 3 rings (SSSR count). The Morgan fingerprint density at radius 1 is 1.30 bits per heavy atom. The summed E-state index contributed by atoms with van der Waals surface area (Å²) in [5.41, 5.74) is 1.11. The van der Waals surface area contributed by atoms with Crippen molar-refractivity contribution in [3.63, 3.8) is 0 Å². The highest BCUT2D eigenvalue weighted by atomic mass is 16.3. The number of aromatic nitrogens is 2. The molecule has 0 aromatic carbocycles. The molecule has 0 bridgehead atoms. The lowest BCUT2D eigenvalue weighted by Crippen LogP contribution is -2.24. The molecular formula is C15H24N4O. The summed E-state index contributed by atoms with van der Waals surface area (Å²) in [7, 11) is 0. The van der Waals surface area contributed by atoms with Gasteiger partial charge in [0.1, 0.15) is 17.5 Å². The summed E-state index contributed by atoms with van der Waals surface area (Å²) in [6, 6.07) is 0. The highest BCUT2D eigenvalue weighted by Crippen LogP contribution is 2.40. The fourth-order valence-corrected chi connectivity index (χ4v) is 2.70. The average Bonchev–Trinajstić information content (AvgIpc) is 3.20. The molecule has 5 nitrogen and oxygen atoms in total. The highest BCUT2D eigenvalue weighted by molar-refractivity contribution is 5.59. The van der Waals surface area contributed by atoms with Crippen LogP contribution in [0, 0.1) is 6.92 Å². The van der Waals surface area contributed by atoms with E-state index in [1.165, 1.54) is 12.8 Å². The van der Waals surface area contributed by atoms with Crippen molar-refractivity contribution < 1.29 is 5.11 Å². The Morgan fingerprint density at radius 3 is 2.70 bits per heavy atom. The van der Waals surface area contributed by atoms with E-state index in [0.29, 0.717) is 12.5 Å². The van der Waals surface area contributed by atoms with Crippen LogP contribution in [0.2, 0.25) is 0 Å². The largest absolute Gasteiger partial charge is 0.391 e. The number of anilines is 2. The topological polar surface area (TPSA) is 61.3 Å². The fraction of sp³-hybridized carbons (Fsp3) is 0.733. The van der Waals surface area contributed by atoms with Gasteiger partial charge in [0.25, 0.3) is 0 Å². The van der Waals surface area contributed by atoms with E-state index in [-0.39, 0.29) is 6.10 Å². The molecule has 1 aromatic heterocycles. The molecule has 2 N–H and O–H groups in total. The first-order valence-corrected chi connectivity index (χ1v) is 7.74. The van der Waals surface area contributed by atoms with Crippen molar-refractivity contribution in [3.05, 3.63) is 11.4 Å². The third-order valence-corrected chi connectivity index (χ3v) is 4.09. The zero-order valence-electron chi connectivity index (χ0n) is 12.4. The lowest BCUT2D eigenvalue weighted by molar-refractivity contribution is 0.198. The van der Waals surface area contributed by atoms with Crippen LogP contribution in [-0.2, 0) is 0 Å². The molecule has 20 heavy (non-hydrogen) atoms. The zero-order chi connectivity index (χ0) is 14.1. The molecule has 0 amide bonds. The van der Waals surface area contributed by atoms with Gasteiger partial charge in [-0.2, -0.15) is 0 Å². The summed E-state index contributed by atoms with van der Waals surface area (Å²) < 4.78 is 0. The minimum Gasteiger partial charge on any atom is -0.391 e. The average molecular weight is 276 g/mol. The predicted molar refractivity (Wildman–Crippen MR) is 80.4 cm³/mol. The van der Waals surface area contributed by atoms with Gasteiger partial charge in [-0.15, -0.1) is 0 Å². The van der Waals surface area contributed by atoms with Gasteiger partial charge in [0.05, 0.1) is 6.10 Å². The molecule has 1 aromatic rings. The molecule has 5 heteroatoms. The van der Waals surface area contributed by atoms with Crippen LogP contribution >= 0.6 is 0 Å². The summed E-state index contributed by atoms with van der Waals surface area (Å²) in [6.45, 7) is 6.74. The maximum absolute atomic E-state index is 9.75. The van der Waals surface area contributed by atoms with Crippen LogP contribution in [0.5, 0.6) is 0 Å². The first kappa shape index (κ1) is 13.6. The Bertz CT molecular complexity index is 487. The van der Waals surface area contributed by atoms with E-state index < -0.39 is 0 Å². The number of hydrogen-bond acceptors (Lipinski definition) is 5. The molecule has 110 valence electrons. The normalized spacial score (nSPS) is 22.4. The van der Waals surface area contributed by atoms with E-state index in [1.54, 1.807) is 0 Å². The number of β-amino-alcohol motifs (C(OH)–C–C–N with tert-alkyl or cyclic N) is 1. The first-order chi connectivity index (χ1) is 9.69. The van der Waals surface area contributed by atoms with Crippen molar-refractivity contribution in [2.24, 2.45) is 0 Å². The van der Waals surface area contributed by atoms with Crippen LogP contribution in [0.15, 0.2) is 0 Å². The second kappa shape index (κ2) is 5.56. The number of aliphatic hydroxyl groups is 1. The van der Waals surface area contributed by atoms with E-state index in [2.05, 4.69) is 24.1 Å². The molecule has 2 heterocycles. The lowest BCUT2D eigenvalue weighted by Gasteiger charge is -2.21. The van der Waals surface area contributed by atoms with Gasteiger partial charge >= 0.3 is 0 Å². The van der Waals surface area contributed by atoms with Gasteiger partial charge in [0.2, 0.25) is 0 Å². The molecule has 1 aliphatic carbocycles. The fourth-order valence-electron chi connectivity index (χ4n) is 2.70. The van der Waals surface area contributed by atoms with Crippen LogP contribution < -0.4 is 10.2 Å². The maximum atomic E-state index is 9.75. The predicted octanol–water partition coefficient (Wildman–Crippen LogP) is 2.06. The second-order valence-corrected chi connectivity index (χ2v) is 5.97. The van der Waals surface area contributed by atoms with Gasteiger partial charge in [0, 0.05) is 31.1 Å². The van der Waals surface area contributed by atoms with E-state index in [0.717, 1.165) is 49.0 Å². The summed E-state index contributed by atoms with van der Waals surface area (Å²) in [5, 5.41) is 13.2.